The molecule has 0 radical (unpaired) electrons. The van der Waals surface area contributed by atoms with E-state index in [4.69, 9.17) is 32.7 Å². The van der Waals surface area contributed by atoms with Gasteiger partial charge in [-0.1, -0.05) is 66.5 Å². The highest BCUT2D eigenvalue weighted by Gasteiger charge is 2.32. The number of ether oxygens (including phenoxy) is 2. The van der Waals surface area contributed by atoms with Crippen LogP contribution in [0.15, 0.2) is 66.7 Å². The molecule has 9 nitrogen and oxygen atoms in total. The lowest BCUT2D eigenvalue weighted by Crippen LogP contribution is -2.52. The summed E-state index contributed by atoms with van der Waals surface area (Å²) in [7, 11) is -3.70. The van der Waals surface area contributed by atoms with Gasteiger partial charge in [-0.15, -0.1) is 0 Å². The lowest BCUT2D eigenvalue weighted by atomic mass is 10.0. The van der Waals surface area contributed by atoms with Gasteiger partial charge in [-0.05, 0) is 49.6 Å². The van der Waals surface area contributed by atoms with Crippen molar-refractivity contribution in [2.75, 3.05) is 30.3 Å². The van der Waals surface area contributed by atoms with E-state index in [9.17, 15) is 18.0 Å². The third-order valence-electron chi connectivity index (χ3n) is 7.63. The number of nitrogens with zero attached hydrogens (tertiary/aromatic N) is 2. The average molecular weight is 677 g/mol. The molecule has 3 aromatic carbocycles. The fraction of sp³-hybridized carbons (Fsp3) is 0.394. The number of carbonyl (C=O) groups excluding carboxylic acids is 2. The first-order chi connectivity index (χ1) is 21.5. The number of nitrogens with one attached hydrogen (secondary N) is 1. The van der Waals surface area contributed by atoms with E-state index in [2.05, 4.69) is 5.32 Å². The molecule has 0 bridgehead atoms. The number of hydrogen-bond acceptors (Lipinski definition) is 6. The Morgan fingerprint density at radius 3 is 2.27 bits per heavy atom. The first kappa shape index (κ1) is 34.4. The maximum Gasteiger partial charge on any atom is 0.243 e. The van der Waals surface area contributed by atoms with Gasteiger partial charge in [0.05, 0.1) is 11.9 Å². The highest BCUT2D eigenvalue weighted by molar-refractivity contribution is 7.92. The number of halogens is 2. The minimum Gasteiger partial charge on any atom is -0.486 e. The van der Waals surface area contributed by atoms with E-state index in [1.807, 2.05) is 44.2 Å². The third-order valence-corrected chi connectivity index (χ3v) is 9.53. The largest absolute Gasteiger partial charge is 0.486 e. The summed E-state index contributed by atoms with van der Waals surface area (Å²) in [4.78, 5) is 29.3. The van der Waals surface area contributed by atoms with Crippen LogP contribution in [0.5, 0.6) is 11.5 Å². The number of carbonyl (C=O) groups is 2. The monoisotopic (exact) mass is 675 g/mol. The summed E-state index contributed by atoms with van der Waals surface area (Å²) >= 11 is 13.1. The van der Waals surface area contributed by atoms with E-state index in [0.717, 1.165) is 18.2 Å². The van der Waals surface area contributed by atoms with Gasteiger partial charge < -0.3 is 19.7 Å². The molecule has 0 aromatic heterocycles. The highest BCUT2D eigenvalue weighted by Crippen LogP contribution is 2.35. The molecule has 242 valence electrons. The maximum atomic E-state index is 14.1. The highest BCUT2D eigenvalue weighted by atomic mass is 35.5. The molecular weight excluding hydrogens is 637 g/mol. The van der Waals surface area contributed by atoms with Crippen LogP contribution >= 0.6 is 23.2 Å². The van der Waals surface area contributed by atoms with Crippen LogP contribution in [0.2, 0.25) is 10.0 Å². The Kier molecular flexibility index (Phi) is 12.0. The SMILES string of the molecule is CC[C@@H](C)NC(=O)[C@H](Cc1ccccc1)N(Cc1c(Cl)cccc1Cl)C(=O)CCCN(c1ccc2c(c1)OCCO2)S(C)(=O)=O. The van der Waals surface area contributed by atoms with Crippen LogP contribution in [0.3, 0.4) is 0 Å². The molecule has 0 unspecified atom stereocenters. The molecule has 4 rings (SSSR count). The average Bonchev–Trinajstić information content (AvgIpc) is 3.01. The molecule has 3 aromatic rings. The number of hydrogen-bond donors (Lipinski definition) is 1. The van der Waals surface area contributed by atoms with Crippen molar-refractivity contribution in [3.63, 3.8) is 0 Å². The van der Waals surface area contributed by atoms with Crippen molar-refractivity contribution < 1.29 is 27.5 Å². The molecule has 0 fully saturated rings. The molecule has 1 heterocycles. The van der Waals surface area contributed by atoms with Gasteiger partial charge in [-0.3, -0.25) is 13.9 Å². The Bertz CT molecular complexity index is 1570. The van der Waals surface area contributed by atoms with Crippen molar-refractivity contribution in [3.8, 4) is 11.5 Å². The van der Waals surface area contributed by atoms with Crippen molar-refractivity contribution in [1.82, 2.24) is 10.2 Å². The van der Waals surface area contributed by atoms with E-state index >= 15 is 0 Å². The molecule has 1 aliphatic rings. The van der Waals surface area contributed by atoms with Crippen LogP contribution in [-0.2, 0) is 32.6 Å². The van der Waals surface area contributed by atoms with E-state index in [0.29, 0.717) is 46.0 Å². The molecule has 0 spiro atoms. The van der Waals surface area contributed by atoms with Gasteiger partial charge in [0.25, 0.3) is 0 Å². The minimum atomic E-state index is -3.70. The smallest absolute Gasteiger partial charge is 0.243 e. The molecule has 0 saturated heterocycles. The lowest BCUT2D eigenvalue weighted by molar-refractivity contribution is -0.141. The topological polar surface area (TPSA) is 105 Å². The van der Waals surface area contributed by atoms with Crippen molar-refractivity contribution in [3.05, 3.63) is 87.9 Å². The number of anilines is 1. The van der Waals surface area contributed by atoms with Crippen molar-refractivity contribution >= 4 is 50.7 Å². The zero-order valence-electron chi connectivity index (χ0n) is 25.7. The zero-order valence-corrected chi connectivity index (χ0v) is 28.0. The fourth-order valence-electron chi connectivity index (χ4n) is 5.04. The van der Waals surface area contributed by atoms with Gasteiger partial charge >= 0.3 is 0 Å². The number of sulfonamides is 1. The minimum absolute atomic E-state index is 0.000712. The van der Waals surface area contributed by atoms with Gasteiger partial charge in [-0.25, -0.2) is 8.42 Å². The van der Waals surface area contributed by atoms with Gasteiger partial charge in [0.15, 0.2) is 11.5 Å². The molecule has 12 heteroatoms. The van der Waals surface area contributed by atoms with Crippen LogP contribution in [0, 0.1) is 0 Å². The summed E-state index contributed by atoms with van der Waals surface area (Å²) in [5, 5.41) is 3.79. The fourth-order valence-corrected chi connectivity index (χ4v) is 6.51. The number of benzene rings is 3. The van der Waals surface area contributed by atoms with E-state index in [1.165, 1.54) is 9.21 Å². The Morgan fingerprint density at radius 2 is 1.62 bits per heavy atom. The molecule has 1 N–H and O–H groups in total. The summed E-state index contributed by atoms with van der Waals surface area (Å²) in [6, 6.07) is 18.5. The molecule has 2 amide bonds. The summed E-state index contributed by atoms with van der Waals surface area (Å²) < 4.78 is 38.1. The van der Waals surface area contributed by atoms with Gasteiger partial charge in [-0.2, -0.15) is 0 Å². The first-order valence-corrected chi connectivity index (χ1v) is 17.5. The van der Waals surface area contributed by atoms with Crippen LogP contribution in [0.1, 0.15) is 44.2 Å². The second-order valence-electron chi connectivity index (χ2n) is 11.0. The van der Waals surface area contributed by atoms with Gasteiger partial charge in [0, 0.05) is 53.6 Å². The van der Waals surface area contributed by atoms with Crippen LogP contribution in [-0.4, -0.2) is 63.2 Å². The zero-order chi connectivity index (χ0) is 32.6. The Balaban J connectivity index is 1.61. The Labute approximate surface area is 275 Å². The summed E-state index contributed by atoms with van der Waals surface area (Å²) in [6.07, 6.45) is 2.27. The molecule has 0 saturated carbocycles. The quantitative estimate of drug-likeness (QED) is 0.229. The van der Waals surface area contributed by atoms with Crippen molar-refractivity contribution in [1.29, 1.82) is 0 Å². The normalized spacial score (nSPS) is 13.9. The molecule has 2 atom stereocenters. The molecule has 1 aliphatic heterocycles. The number of fused-ring (bicyclic) bond motifs is 1. The third kappa shape index (κ3) is 9.28. The van der Waals surface area contributed by atoms with Crippen LogP contribution in [0.25, 0.3) is 0 Å². The molecule has 0 aliphatic carbocycles. The van der Waals surface area contributed by atoms with Gasteiger partial charge in [0.2, 0.25) is 21.8 Å². The van der Waals surface area contributed by atoms with E-state index in [-0.39, 0.29) is 50.2 Å². The second-order valence-corrected chi connectivity index (χ2v) is 13.7. The lowest BCUT2D eigenvalue weighted by Gasteiger charge is -2.33. The number of amides is 2. The number of rotatable bonds is 14. The molecule has 45 heavy (non-hydrogen) atoms. The Hall–Kier alpha value is -3.47. The van der Waals surface area contributed by atoms with Crippen molar-refractivity contribution in [2.24, 2.45) is 0 Å². The molecular formula is C33H39Cl2N3O6S. The Morgan fingerprint density at radius 1 is 0.956 bits per heavy atom. The van der Waals surface area contributed by atoms with Crippen LogP contribution < -0.4 is 19.1 Å². The standard InChI is InChI=1S/C33H39Cl2N3O6S/c1-4-23(2)36-33(40)29(20-24-10-6-5-7-11-24)37(22-26-27(34)12-8-13-28(26)35)32(39)14-9-17-38(45(3,41)42)25-15-16-30-31(21-25)44-19-18-43-30/h5-8,10-13,15-16,21,23,29H,4,9,14,17-20,22H2,1-3H3,(H,36,40)/t23-,29+/m1/s1. The summed E-state index contributed by atoms with van der Waals surface area (Å²) in [5.74, 6) is 0.380. The van der Waals surface area contributed by atoms with E-state index in [1.54, 1.807) is 36.4 Å². The van der Waals surface area contributed by atoms with Gasteiger partial charge in [0.1, 0.15) is 19.3 Å². The summed E-state index contributed by atoms with van der Waals surface area (Å²) in [5.41, 5.74) is 1.81. The predicted octanol–water partition coefficient (Wildman–Crippen LogP) is 5.87. The summed E-state index contributed by atoms with van der Waals surface area (Å²) in [6.45, 7) is 4.70. The second kappa shape index (κ2) is 15.7. The first-order valence-electron chi connectivity index (χ1n) is 14.9. The maximum absolute atomic E-state index is 14.1. The predicted molar refractivity (Wildman–Crippen MR) is 178 cm³/mol. The van der Waals surface area contributed by atoms with Crippen molar-refractivity contribution in [2.45, 2.75) is 58.2 Å². The van der Waals surface area contributed by atoms with E-state index < -0.39 is 16.1 Å². The van der Waals surface area contributed by atoms with Crippen LogP contribution in [0.4, 0.5) is 5.69 Å².